The third kappa shape index (κ3) is 6.18. The van der Waals surface area contributed by atoms with Crippen molar-refractivity contribution in [3.8, 4) is 0 Å². The fraction of sp³-hybridized carbons (Fsp3) is 0.917. The summed E-state index contributed by atoms with van der Waals surface area (Å²) in [6, 6.07) is 0. The van der Waals surface area contributed by atoms with Crippen molar-refractivity contribution >= 4 is 5.84 Å². The number of hydrogen-bond donors (Lipinski definition) is 2. The summed E-state index contributed by atoms with van der Waals surface area (Å²) in [4.78, 5) is 7.19. The van der Waals surface area contributed by atoms with Gasteiger partial charge in [0.05, 0.1) is 0 Å². The Morgan fingerprint density at radius 2 is 1.72 bits per heavy atom. The van der Waals surface area contributed by atoms with Crippen molar-refractivity contribution in [2.75, 3.05) is 59.9 Å². The summed E-state index contributed by atoms with van der Waals surface area (Å²) in [7, 11) is 4.23. The molecule has 0 aromatic heterocycles. The highest BCUT2D eigenvalue weighted by Gasteiger charge is 2.16. The highest BCUT2D eigenvalue weighted by atomic mass is 16.4. The standard InChI is InChI=1S/C12H27N5O/c1-15(2)6-7-17-10-8-16(9-11-17)5-3-4-12(13)14-18/h18H,3-11H2,1-2H3,(H2,13,14). The van der Waals surface area contributed by atoms with Crippen LogP contribution in [0.4, 0.5) is 0 Å². The molecule has 0 atom stereocenters. The predicted octanol–water partition coefficient (Wildman–Crippen LogP) is -0.308. The van der Waals surface area contributed by atoms with Crippen molar-refractivity contribution in [2.24, 2.45) is 10.9 Å². The van der Waals surface area contributed by atoms with E-state index in [1.165, 1.54) is 0 Å². The Morgan fingerprint density at radius 1 is 1.17 bits per heavy atom. The van der Waals surface area contributed by atoms with Crippen LogP contribution >= 0.6 is 0 Å². The molecule has 0 aromatic rings. The van der Waals surface area contributed by atoms with Gasteiger partial charge in [-0.2, -0.15) is 0 Å². The molecular weight excluding hydrogens is 230 g/mol. The van der Waals surface area contributed by atoms with Crippen LogP contribution in [0.3, 0.4) is 0 Å². The van der Waals surface area contributed by atoms with Gasteiger partial charge < -0.3 is 20.7 Å². The van der Waals surface area contributed by atoms with Crippen LogP contribution in [0.25, 0.3) is 0 Å². The van der Waals surface area contributed by atoms with Gasteiger partial charge in [-0.05, 0) is 27.1 Å². The minimum atomic E-state index is 0.333. The van der Waals surface area contributed by atoms with Crippen molar-refractivity contribution in [1.29, 1.82) is 0 Å². The second-order valence-corrected chi connectivity index (χ2v) is 5.18. The topological polar surface area (TPSA) is 68.3 Å². The second kappa shape index (κ2) is 8.29. The smallest absolute Gasteiger partial charge is 0.139 e. The summed E-state index contributed by atoms with van der Waals surface area (Å²) in [5.41, 5.74) is 5.45. The van der Waals surface area contributed by atoms with Crippen LogP contribution in [0.15, 0.2) is 5.16 Å². The Kier molecular flexibility index (Phi) is 7.00. The van der Waals surface area contributed by atoms with Gasteiger partial charge in [0.25, 0.3) is 0 Å². The lowest BCUT2D eigenvalue weighted by atomic mass is 10.2. The van der Waals surface area contributed by atoms with Crippen molar-refractivity contribution < 1.29 is 5.21 Å². The molecule has 1 fully saturated rings. The fourth-order valence-corrected chi connectivity index (χ4v) is 2.11. The Hall–Kier alpha value is -0.850. The summed E-state index contributed by atoms with van der Waals surface area (Å²) in [5, 5.41) is 11.4. The van der Waals surface area contributed by atoms with Crippen LogP contribution in [-0.2, 0) is 0 Å². The molecule has 0 saturated carbocycles. The Balaban J connectivity index is 2.08. The molecule has 0 radical (unpaired) electrons. The predicted molar refractivity (Wildman–Crippen MR) is 74.1 cm³/mol. The maximum Gasteiger partial charge on any atom is 0.139 e. The Morgan fingerprint density at radius 3 is 2.22 bits per heavy atom. The van der Waals surface area contributed by atoms with Gasteiger partial charge in [-0.3, -0.25) is 4.90 Å². The van der Waals surface area contributed by atoms with Crippen LogP contribution in [-0.4, -0.2) is 85.7 Å². The van der Waals surface area contributed by atoms with Gasteiger partial charge in [0, 0.05) is 45.7 Å². The minimum Gasteiger partial charge on any atom is -0.409 e. The quantitative estimate of drug-likeness (QED) is 0.283. The van der Waals surface area contributed by atoms with Crippen molar-refractivity contribution in [2.45, 2.75) is 12.8 Å². The van der Waals surface area contributed by atoms with Gasteiger partial charge in [-0.1, -0.05) is 5.16 Å². The molecule has 0 aliphatic carbocycles. The molecule has 1 aliphatic heterocycles. The van der Waals surface area contributed by atoms with Crippen molar-refractivity contribution in [3.63, 3.8) is 0 Å². The third-order valence-electron chi connectivity index (χ3n) is 3.36. The number of piperazine rings is 1. The number of likely N-dealkylation sites (N-methyl/N-ethyl adjacent to an activating group) is 1. The molecule has 0 amide bonds. The summed E-state index contributed by atoms with van der Waals surface area (Å²) in [5.74, 6) is 0.333. The Labute approximate surface area is 110 Å². The molecule has 0 spiro atoms. The highest BCUT2D eigenvalue weighted by molar-refractivity contribution is 5.79. The number of rotatable bonds is 7. The van der Waals surface area contributed by atoms with E-state index in [0.29, 0.717) is 12.3 Å². The summed E-state index contributed by atoms with van der Waals surface area (Å²) in [6.45, 7) is 7.88. The molecule has 1 aliphatic rings. The second-order valence-electron chi connectivity index (χ2n) is 5.18. The molecular formula is C12H27N5O. The van der Waals surface area contributed by atoms with Crippen LogP contribution in [0.5, 0.6) is 0 Å². The first kappa shape index (κ1) is 15.2. The zero-order chi connectivity index (χ0) is 13.4. The first-order valence-electron chi connectivity index (χ1n) is 6.67. The monoisotopic (exact) mass is 257 g/mol. The van der Waals surface area contributed by atoms with Gasteiger partial charge >= 0.3 is 0 Å². The molecule has 18 heavy (non-hydrogen) atoms. The summed E-state index contributed by atoms with van der Waals surface area (Å²) in [6.07, 6.45) is 1.64. The zero-order valence-electron chi connectivity index (χ0n) is 11.7. The van der Waals surface area contributed by atoms with E-state index < -0.39 is 0 Å². The molecule has 6 nitrogen and oxygen atoms in total. The van der Waals surface area contributed by atoms with Gasteiger partial charge in [-0.15, -0.1) is 0 Å². The van der Waals surface area contributed by atoms with E-state index in [1.807, 2.05) is 0 Å². The third-order valence-corrected chi connectivity index (χ3v) is 3.36. The van der Waals surface area contributed by atoms with E-state index in [9.17, 15) is 0 Å². The van der Waals surface area contributed by atoms with E-state index in [0.717, 1.165) is 52.2 Å². The maximum absolute atomic E-state index is 8.45. The molecule has 6 heteroatoms. The number of nitrogens with two attached hydrogens (primary N) is 1. The fourth-order valence-electron chi connectivity index (χ4n) is 2.11. The Bertz CT molecular complexity index is 249. The molecule has 3 N–H and O–H groups in total. The van der Waals surface area contributed by atoms with E-state index in [1.54, 1.807) is 0 Å². The average molecular weight is 257 g/mol. The van der Waals surface area contributed by atoms with Crippen LogP contribution < -0.4 is 5.73 Å². The van der Waals surface area contributed by atoms with Gasteiger partial charge in [0.1, 0.15) is 5.84 Å². The molecule has 106 valence electrons. The van der Waals surface area contributed by atoms with Gasteiger partial charge in [0.2, 0.25) is 0 Å². The van der Waals surface area contributed by atoms with Crippen LogP contribution in [0.1, 0.15) is 12.8 Å². The average Bonchev–Trinajstić information content (AvgIpc) is 2.37. The van der Waals surface area contributed by atoms with Crippen molar-refractivity contribution in [1.82, 2.24) is 14.7 Å². The van der Waals surface area contributed by atoms with Gasteiger partial charge in [-0.25, -0.2) is 0 Å². The lowest BCUT2D eigenvalue weighted by molar-refractivity contribution is 0.125. The first-order valence-corrected chi connectivity index (χ1v) is 6.67. The first-order chi connectivity index (χ1) is 8.61. The number of oxime groups is 1. The zero-order valence-corrected chi connectivity index (χ0v) is 11.7. The van der Waals surface area contributed by atoms with E-state index >= 15 is 0 Å². The molecule has 1 rings (SSSR count). The lowest BCUT2D eigenvalue weighted by Gasteiger charge is -2.35. The summed E-state index contributed by atoms with van der Waals surface area (Å²) >= 11 is 0. The number of nitrogens with zero attached hydrogens (tertiary/aromatic N) is 4. The number of amidine groups is 1. The molecule has 0 unspecified atom stereocenters. The summed E-state index contributed by atoms with van der Waals surface area (Å²) < 4.78 is 0. The van der Waals surface area contributed by atoms with Crippen molar-refractivity contribution in [3.05, 3.63) is 0 Å². The van der Waals surface area contributed by atoms with Gasteiger partial charge in [0.15, 0.2) is 0 Å². The molecule has 1 saturated heterocycles. The van der Waals surface area contributed by atoms with E-state index in [-0.39, 0.29) is 0 Å². The maximum atomic E-state index is 8.45. The number of hydrogen-bond acceptors (Lipinski definition) is 5. The minimum absolute atomic E-state index is 0.333. The van der Waals surface area contributed by atoms with E-state index in [4.69, 9.17) is 10.9 Å². The largest absolute Gasteiger partial charge is 0.409 e. The van der Waals surface area contributed by atoms with Crippen LogP contribution in [0, 0.1) is 0 Å². The normalized spacial score (nSPS) is 19.6. The van der Waals surface area contributed by atoms with Crippen LogP contribution in [0.2, 0.25) is 0 Å². The highest BCUT2D eigenvalue weighted by Crippen LogP contribution is 2.03. The SMILES string of the molecule is CN(C)CCN1CCN(CCCC(N)=NO)CC1. The molecule has 0 bridgehead atoms. The lowest BCUT2D eigenvalue weighted by Crippen LogP contribution is -2.48. The van der Waals surface area contributed by atoms with E-state index in [2.05, 4.69) is 34.0 Å². The molecule has 1 heterocycles. The molecule has 0 aromatic carbocycles.